The van der Waals surface area contributed by atoms with Gasteiger partial charge in [0, 0.05) is 7.05 Å². The quantitative estimate of drug-likeness (QED) is 0.526. The zero-order valence-corrected chi connectivity index (χ0v) is 7.95. The van der Waals surface area contributed by atoms with E-state index in [4.69, 9.17) is 0 Å². The predicted molar refractivity (Wildman–Crippen MR) is 47.8 cm³/mol. The Balaban J connectivity index is 2.22. The Morgan fingerprint density at radius 3 is 1.92 bits per heavy atom. The van der Waals surface area contributed by atoms with Gasteiger partial charge >= 0.3 is 0 Å². The van der Waals surface area contributed by atoms with Crippen molar-refractivity contribution in [3.05, 3.63) is 0 Å². The number of carbonyl (C=O) groups is 2. The van der Waals surface area contributed by atoms with Gasteiger partial charge in [-0.1, -0.05) is 19.3 Å². The van der Waals surface area contributed by atoms with Crippen molar-refractivity contribution in [3.8, 4) is 0 Å². The number of carbonyl (C=O) groups excluding carboxylic acids is 2. The summed E-state index contributed by atoms with van der Waals surface area (Å²) in [7, 11) is 1.61. The molecule has 0 aromatic rings. The minimum Gasteiger partial charge on any atom is -0.285 e. The molecule has 3 nitrogen and oxygen atoms in total. The highest BCUT2D eigenvalue weighted by Crippen LogP contribution is 2.35. The van der Waals surface area contributed by atoms with E-state index in [1.165, 1.54) is 11.3 Å². The first-order chi connectivity index (χ1) is 6.22. The van der Waals surface area contributed by atoms with Crippen LogP contribution in [0.25, 0.3) is 0 Å². The van der Waals surface area contributed by atoms with Gasteiger partial charge in [0.1, 0.15) is 0 Å². The Kier molecular flexibility index (Phi) is 2.10. The van der Waals surface area contributed by atoms with Gasteiger partial charge in [0.15, 0.2) is 0 Å². The van der Waals surface area contributed by atoms with Gasteiger partial charge in [-0.25, -0.2) is 0 Å². The van der Waals surface area contributed by atoms with Gasteiger partial charge < -0.3 is 0 Å². The molecule has 13 heavy (non-hydrogen) atoms. The van der Waals surface area contributed by atoms with E-state index in [2.05, 4.69) is 0 Å². The number of hydrogen-bond acceptors (Lipinski definition) is 2. The molecule has 1 unspecified atom stereocenters. The maximum absolute atomic E-state index is 11.6. The van der Waals surface area contributed by atoms with Crippen molar-refractivity contribution >= 4 is 11.8 Å². The third-order valence-electron chi connectivity index (χ3n) is 3.31. The fourth-order valence-corrected chi connectivity index (χ4v) is 2.50. The van der Waals surface area contributed by atoms with Crippen LogP contribution in [0, 0.1) is 11.8 Å². The van der Waals surface area contributed by atoms with E-state index in [9.17, 15) is 9.59 Å². The van der Waals surface area contributed by atoms with E-state index in [1.807, 2.05) is 0 Å². The monoisotopic (exact) mass is 181 g/mol. The summed E-state index contributed by atoms with van der Waals surface area (Å²) >= 11 is 0. The van der Waals surface area contributed by atoms with Crippen molar-refractivity contribution in [2.24, 2.45) is 11.8 Å². The Bertz CT molecular complexity index is 225. The van der Waals surface area contributed by atoms with Gasteiger partial charge in [-0.3, -0.25) is 14.5 Å². The van der Waals surface area contributed by atoms with Crippen LogP contribution in [0.4, 0.5) is 0 Å². The van der Waals surface area contributed by atoms with Gasteiger partial charge in [-0.15, -0.1) is 0 Å². The molecular weight excluding hydrogens is 166 g/mol. The highest BCUT2D eigenvalue weighted by Gasteiger charge is 2.45. The summed E-state index contributed by atoms with van der Waals surface area (Å²) < 4.78 is 0. The summed E-state index contributed by atoms with van der Waals surface area (Å²) in [6, 6.07) is 0. The first-order valence-electron chi connectivity index (χ1n) is 5.03. The molecular formula is C10H15NO2. The number of amides is 2. The van der Waals surface area contributed by atoms with Crippen LogP contribution in [0.1, 0.15) is 32.1 Å². The molecule has 2 aliphatic rings. The zero-order valence-electron chi connectivity index (χ0n) is 7.95. The predicted octanol–water partition coefficient (Wildman–Crippen LogP) is 1.18. The number of fused-ring (bicyclic) bond motifs is 1. The second-order valence-electron chi connectivity index (χ2n) is 4.09. The van der Waals surface area contributed by atoms with Crippen molar-refractivity contribution in [3.63, 3.8) is 0 Å². The molecule has 0 spiro atoms. The van der Waals surface area contributed by atoms with Crippen molar-refractivity contribution in [2.75, 3.05) is 7.05 Å². The van der Waals surface area contributed by atoms with Gasteiger partial charge in [0.05, 0.1) is 11.8 Å². The lowest BCUT2D eigenvalue weighted by atomic mass is 9.91. The van der Waals surface area contributed by atoms with Gasteiger partial charge in [-0.2, -0.15) is 0 Å². The Labute approximate surface area is 78.1 Å². The second kappa shape index (κ2) is 3.13. The van der Waals surface area contributed by atoms with E-state index in [1.54, 1.807) is 7.05 Å². The number of likely N-dealkylation sites (tertiary alicyclic amines) is 1. The van der Waals surface area contributed by atoms with Crippen LogP contribution in [0.15, 0.2) is 0 Å². The Morgan fingerprint density at radius 1 is 1.00 bits per heavy atom. The maximum atomic E-state index is 11.6. The minimum absolute atomic E-state index is 0.0139. The van der Waals surface area contributed by atoms with E-state index in [-0.39, 0.29) is 23.7 Å². The van der Waals surface area contributed by atoms with Crippen molar-refractivity contribution < 1.29 is 9.59 Å². The van der Waals surface area contributed by atoms with Gasteiger partial charge in [-0.05, 0) is 12.8 Å². The molecule has 1 saturated heterocycles. The molecule has 0 aromatic carbocycles. The zero-order chi connectivity index (χ0) is 9.42. The fraction of sp³-hybridized carbons (Fsp3) is 0.800. The largest absolute Gasteiger partial charge is 0.285 e. The molecule has 1 aliphatic carbocycles. The number of imide groups is 1. The topological polar surface area (TPSA) is 37.4 Å². The third kappa shape index (κ3) is 1.26. The van der Waals surface area contributed by atoms with E-state index in [0.29, 0.717) is 0 Å². The normalized spacial score (nSPS) is 34.7. The van der Waals surface area contributed by atoms with Crippen molar-refractivity contribution in [1.29, 1.82) is 0 Å². The smallest absolute Gasteiger partial charge is 0.232 e. The molecule has 0 N–H and O–H groups in total. The lowest BCUT2D eigenvalue weighted by Crippen LogP contribution is -2.26. The Morgan fingerprint density at radius 2 is 1.46 bits per heavy atom. The van der Waals surface area contributed by atoms with Crippen molar-refractivity contribution in [1.82, 2.24) is 4.90 Å². The standard InChI is InChI=1S/C10H15NO2/c1-11-9(12)7-5-3-2-4-6-8(7)10(11)13/h7-8H,2-6H2,1H3/t7-,8?/m0/s1. The average Bonchev–Trinajstić information content (AvgIpc) is 2.40. The summed E-state index contributed by atoms with van der Waals surface area (Å²) in [5.74, 6) is 0.133. The highest BCUT2D eigenvalue weighted by atomic mass is 16.2. The molecule has 3 heteroatoms. The molecule has 1 heterocycles. The molecule has 1 aliphatic heterocycles. The lowest BCUT2D eigenvalue weighted by Gasteiger charge is -2.08. The molecule has 2 rings (SSSR count). The van der Waals surface area contributed by atoms with Crippen LogP contribution in [0.2, 0.25) is 0 Å². The number of rotatable bonds is 0. The highest BCUT2D eigenvalue weighted by molar-refractivity contribution is 6.04. The summed E-state index contributed by atoms with van der Waals surface area (Å²) in [4.78, 5) is 24.5. The van der Waals surface area contributed by atoms with Crippen LogP contribution < -0.4 is 0 Å². The molecule has 2 amide bonds. The first kappa shape index (κ1) is 8.73. The molecule has 72 valence electrons. The lowest BCUT2D eigenvalue weighted by molar-refractivity contribution is -0.138. The van der Waals surface area contributed by atoms with Crippen LogP contribution in [0.3, 0.4) is 0 Å². The van der Waals surface area contributed by atoms with E-state index < -0.39 is 0 Å². The SMILES string of the molecule is CN1C(=O)C2CCCCC[C@@H]2C1=O. The first-order valence-corrected chi connectivity index (χ1v) is 5.03. The second-order valence-corrected chi connectivity index (χ2v) is 4.09. The van der Waals surface area contributed by atoms with Crippen LogP contribution >= 0.6 is 0 Å². The average molecular weight is 181 g/mol. The minimum atomic E-state index is 0.0139. The summed E-state index contributed by atoms with van der Waals surface area (Å²) in [5, 5.41) is 0. The Hall–Kier alpha value is -0.860. The molecule has 0 aromatic heterocycles. The summed E-state index contributed by atoms with van der Waals surface area (Å²) in [5.41, 5.74) is 0. The fourth-order valence-electron chi connectivity index (χ4n) is 2.50. The van der Waals surface area contributed by atoms with E-state index in [0.717, 1.165) is 25.7 Å². The van der Waals surface area contributed by atoms with Gasteiger partial charge in [0.2, 0.25) is 11.8 Å². The van der Waals surface area contributed by atoms with Crippen LogP contribution in [-0.2, 0) is 9.59 Å². The van der Waals surface area contributed by atoms with Crippen LogP contribution in [-0.4, -0.2) is 23.8 Å². The summed E-state index contributed by atoms with van der Waals surface area (Å²) in [6.07, 6.45) is 5.22. The molecule has 1 saturated carbocycles. The van der Waals surface area contributed by atoms with Crippen LogP contribution in [0.5, 0.6) is 0 Å². The maximum Gasteiger partial charge on any atom is 0.232 e. The van der Waals surface area contributed by atoms with Gasteiger partial charge in [0.25, 0.3) is 0 Å². The summed E-state index contributed by atoms with van der Waals surface area (Å²) in [6.45, 7) is 0. The van der Waals surface area contributed by atoms with Crippen molar-refractivity contribution in [2.45, 2.75) is 32.1 Å². The molecule has 2 fully saturated rings. The molecule has 0 radical (unpaired) electrons. The third-order valence-corrected chi connectivity index (χ3v) is 3.31. The molecule has 2 atom stereocenters. The number of hydrogen-bond donors (Lipinski definition) is 0. The van der Waals surface area contributed by atoms with E-state index >= 15 is 0 Å². The number of nitrogens with zero attached hydrogens (tertiary/aromatic N) is 1. The molecule has 0 bridgehead atoms.